The number of aromatic nitrogens is 1. The van der Waals surface area contributed by atoms with Gasteiger partial charge in [0.25, 0.3) is 0 Å². The minimum absolute atomic E-state index is 0.241. The van der Waals surface area contributed by atoms with Gasteiger partial charge in [0.1, 0.15) is 5.75 Å². The van der Waals surface area contributed by atoms with E-state index < -0.39 is 18.1 Å². The minimum Gasteiger partial charge on any atom is -0.479 e. The van der Waals surface area contributed by atoms with Crippen LogP contribution in [-0.2, 0) is 4.79 Å². The molecule has 1 unspecified atom stereocenters. The number of aliphatic carboxylic acids is 1. The Kier molecular flexibility index (Phi) is 8.19. The first-order chi connectivity index (χ1) is 15.7. The summed E-state index contributed by atoms with van der Waals surface area (Å²) in [5.74, 6) is -0.0261. The molecule has 1 aromatic carbocycles. The number of aryl methyl sites for hydroxylation is 1. The highest BCUT2D eigenvalue weighted by Crippen LogP contribution is 2.36. The molecule has 0 bridgehead atoms. The average Bonchev–Trinajstić information content (AvgIpc) is 3.17. The number of hydrogen-bond acceptors (Lipinski definition) is 6. The smallest absolute Gasteiger partial charge is 0.344 e. The molecule has 3 rings (SSSR count). The van der Waals surface area contributed by atoms with Crippen molar-refractivity contribution in [3.63, 3.8) is 0 Å². The molecule has 0 spiro atoms. The summed E-state index contributed by atoms with van der Waals surface area (Å²) in [6.07, 6.45) is 4.80. The number of carboxylic acid groups (broad SMARTS) is 1. The lowest BCUT2D eigenvalue weighted by atomic mass is 9.93. The van der Waals surface area contributed by atoms with Crippen molar-refractivity contribution in [2.24, 2.45) is 5.92 Å². The van der Waals surface area contributed by atoms with Gasteiger partial charge in [-0.05, 0) is 44.7 Å². The number of urea groups is 1. The molecule has 1 aliphatic rings. The number of anilines is 3. The van der Waals surface area contributed by atoms with Crippen molar-refractivity contribution in [2.75, 3.05) is 22.1 Å². The van der Waals surface area contributed by atoms with Gasteiger partial charge in [-0.2, -0.15) is 0 Å². The fourth-order valence-electron chi connectivity index (χ4n) is 4.11. The Bertz CT molecular complexity index is 952. The van der Waals surface area contributed by atoms with Crippen LogP contribution in [0.25, 0.3) is 0 Å². The standard InChI is InChI=1S/C24H34N4O5/c1-15(2)14-28(18-8-6-5-7-9-18)21-11-10-19(32-17(4)23(29)30)13-20(21)25-24(31)26-22-12-16(3)27-33-22/h10-13,15,17-18H,5-9,14H2,1-4H3,(H,29,30)(H2,25,26,31). The van der Waals surface area contributed by atoms with Crippen LogP contribution in [0, 0.1) is 12.8 Å². The zero-order valence-electron chi connectivity index (χ0n) is 19.8. The molecule has 1 atom stereocenters. The minimum atomic E-state index is -1.06. The number of carbonyl (C=O) groups excluding carboxylic acids is 1. The highest BCUT2D eigenvalue weighted by molar-refractivity contribution is 6.01. The molecule has 1 saturated carbocycles. The van der Waals surface area contributed by atoms with Crippen molar-refractivity contribution in [2.45, 2.75) is 71.9 Å². The van der Waals surface area contributed by atoms with Gasteiger partial charge in [0, 0.05) is 24.7 Å². The van der Waals surface area contributed by atoms with Gasteiger partial charge in [0.15, 0.2) is 6.10 Å². The summed E-state index contributed by atoms with van der Waals surface area (Å²) in [4.78, 5) is 26.4. The first-order valence-corrected chi connectivity index (χ1v) is 11.5. The van der Waals surface area contributed by atoms with Crippen molar-refractivity contribution in [1.82, 2.24) is 5.16 Å². The Morgan fingerprint density at radius 2 is 1.91 bits per heavy atom. The lowest BCUT2D eigenvalue weighted by molar-refractivity contribution is -0.144. The molecule has 0 aliphatic heterocycles. The predicted molar refractivity (Wildman–Crippen MR) is 127 cm³/mol. The Morgan fingerprint density at radius 1 is 1.18 bits per heavy atom. The highest BCUT2D eigenvalue weighted by Gasteiger charge is 2.25. The van der Waals surface area contributed by atoms with E-state index in [2.05, 4.69) is 34.5 Å². The topological polar surface area (TPSA) is 117 Å². The second-order valence-corrected chi connectivity index (χ2v) is 9.03. The first-order valence-electron chi connectivity index (χ1n) is 11.5. The van der Waals surface area contributed by atoms with Crippen LogP contribution in [0.1, 0.15) is 58.6 Å². The van der Waals surface area contributed by atoms with Gasteiger partial charge in [-0.15, -0.1) is 0 Å². The molecule has 0 saturated heterocycles. The summed E-state index contributed by atoms with van der Waals surface area (Å²) in [7, 11) is 0. The molecule has 0 radical (unpaired) electrons. The number of nitrogens with zero attached hydrogens (tertiary/aromatic N) is 2. The van der Waals surface area contributed by atoms with Gasteiger partial charge in [0.2, 0.25) is 5.88 Å². The van der Waals surface area contributed by atoms with Crippen molar-refractivity contribution in [3.05, 3.63) is 30.0 Å². The third-order valence-corrected chi connectivity index (χ3v) is 5.63. The maximum absolute atomic E-state index is 12.7. The summed E-state index contributed by atoms with van der Waals surface area (Å²) >= 11 is 0. The van der Waals surface area contributed by atoms with Crippen LogP contribution in [0.3, 0.4) is 0 Å². The zero-order valence-corrected chi connectivity index (χ0v) is 19.8. The van der Waals surface area contributed by atoms with E-state index in [1.165, 1.54) is 26.2 Å². The molecule has 3 N–H and O–H groups in total. The van der Waals surface area contributed by atoms with E-state index in [4.69, 9.17) is 9.26 Å². The van der Waals surface area contributed by atoms with Crippen LogP contribution >= 0.6 is 0 Å². The summed E-state index contributed by atoms with van der Waals surface area (Å²) in [5, 5.41) is 18.5. The van der Waals surface area contributed by atoms with Gasteiger partial charge in [-0.25, -0.2) is 9.59 Å². The lowest BCUT2D eigenvalue weighted by Gasteiger charge is -2.38. The Labute approximate surface area is 194 Å². The van der Waals surface area contributed by atoms with Crippen LogP contribution < -0.4 is 20.3 Å². The summed E-state index contributed by atoms with van der Waals surface area (Å²) in [6.45, 7) is 8.42. The third kappa shape index (κ3) is 6.87. The average molecular weight is 459 g/mol. The number of amides is 2. The number of benzene rings is 1. The van der Waals surface area contributed by atoms with Crippen molar-refractivity contribution < 1.29 is 24.0 Å². The molecule has 2 amide bonds. The van der Waals surface area contributed by atoms with E-state index in [1.807, 2.05) is 6.07 Å². The highest BCUT2D eigenvalue weighted by atomic mass is 16.5. The molecular formula is C24H34N4O5. The van der Waals surface area contributed by atoms with E-state index >= 15 is 0 Å². The predicted octanol–water partition coefficient (Wildman–Crippen LogP) is 5.27. The largest absolute Gasteiger partial charge is 0.479 e. The fourth-order valence-corrected chi connectivity index (χ4v) is 4.11. The van der Waals surface area contributed by atoms with Gasteiger partial charge in [0.05, 0.1) is 17.1 Å². The van der Waals surface area contributed by atoms with Gasteiger partial charge in [-0.3, -0.25) is 5.32 Å². The summed E-state index contributed by atoms with van der Waals surface area (Å²) in [6, 6.07) is 6.86. The quantitative estimate of drug-likeness (QED) is 0.468. The number of carboxylic acids is 1. The zero-order chi connectivity index (χ0) is 24.0. The molecule has 33 heavy (non-hydrogen) atoms. The first kappa shape index (κ1) is 24.4. The van der Waals surface area contributed by atoms with E-state index in [-0.39, 0.29) is 5.88 Å². The maximum atomic E-state index is 12.7. The number of nitrogens with one attached hydrogen (secondary N) is 2. The molecule has 1 fully saturated rings. The van der Waals surface area contributed by atoms with Gasteiger partial charge < -0.3 is 24.6 Å². The molecule has 1 aliphatic carbocycles. The van der Waals surface area contributed by atoms with Gasteiger partial charge in [-0.1, -0.05) is 38.3 Å². The normalized spacial score (nSPS) is 15.2. The van der Waals surface area contributed by atoms with Crippen LogP contribution in [-0.4, -0.2) is 41.0 Å². The summed E-state index contributed by atoms with van der Waals surface area (Å²) in [5.41, 5.74) is 2.09. The van der Waals surface area contributed by atoms with Crippen molar-refractivity contribution in [3.8, 4) is 5.75 Å². The maximum Gasteiger partial charge on any atom is 0.344 e. The number of carbonyl (C=O) groups is 2. The molecule has 180 valence electrons. The Hall–Kier alpha value is -3.23. The third-order valence-electron chi connectivity index (χ3n) is 5.63. The molecular weight excluding hydrogens is 424 g/mol. The number of ether oxygens (including phenoxy) is 1. The Morgan fingerprint density at radius 3 is 2.52 bits per heavy atom. The SMILES string of the molecule is Cc1cc(NC(=O)Nc2cc(OC(C)C(=O)O)ccc2N(CC(C)C)C2CCCCC2)on1. The van der Waals surface area contributed by atoms with E-state index in [0.29, 0.717) is 29.1 Å². The summed E-state index contributed by atoms with van der Waals surface area (Å²) < 4.78 is 10.6. The number of hydrogen-bond donors (Lipinski definition) is 3. The van der Waals surface area contributed by atoms with Crippen molar-refractivity contribution >= 4 is 29.3 Å². The van der Waals surface area contributed by atoms with E-state index in [0.717, 1.165) is 25.1 Å². The number of rotatable bonds is 9. The van der Waals surface area contributed by atoms with Crippen molar-refractivity contribution in [1.29, 1.82) is 0 Å². The van der Waals surface area contributed by atoms with Crippen LogP contribution in [0.4, 0.5) is 22.1 Å². The molecule has 1 heterocycles. The van der Waals surface area contributed by atoms with Crippen LogP contribution in [0.5, 0.6) is 5.75 Å². The fraction of sp³-hybridized carbons (Fsp3) is 0.542. The molecule has 9 nitrogen and oxygen atoms in total. The molecule has 1 aromatic heterocycles. The van der Waals surface area contributed by atoms with E-state index in [1.54, 1.807) is 25.1 Å². The molecule has 9 heteroatoms. The monoisotopic (exact) mass is 458 g/mol. The van der Waals surface area contributed by atoms with Gasteiger partial charge >= 0.3 is 12.0 Å². The second kappa shape index (κ2) is 11.1. The second-order valence-electron chi connectivity index (χ2n) is 9.03. The lowest BCUT2D eigenvalue weighted by Crippen LogP contribution is -2.40. The Balaban J connectivity index is 1.91. The molecule has 2 aromatic rings. The van der Waals surface area contributed by atoms with Crippen LogP contribution in [0.15, 0.2) is 28.8 Å². The van der Waals surface area contributed by atoms with Crippen LogP contribution in [0.2, 0.25) is 0 Å². The van der Waals surface area contributed by atoms with E-state index in [9.17, 15) is 14.7 Å².